The van der Waals surface area contributed by atoms with E-state index in [1.807, 2.05) is 26.0 Å². The van der Waals surface area contributed by atoms with E-state index in [0.717, 1.165) is 15.7 Å². The summed E-state index contributed by atoms with van der Waals surface area (Å²) in [6.07, 6.45) is 4.36. The van der Waals surface area contributed by atoms with Crippen LogP contribution in [0.2, 0.25) is 0 Å². The molecule has 0 fully saturated rings. The molecule has 3 rings (SSSR count). The van der Waals surface area contributed by atoms with Crippen LogP contribution in [0.3, 0.4) is 0 Å². The molecule has 0 spiro atoms. The van der Waals surface area contributed by atoms with Crippen molar-refractivity contribution in [1.82, 2.24) is 4.98 Å². The fourth-order valence-electron chi connectivity index (χ4n) is 3.51. The predicted octanol–water partition coefficient (Wildman–Crippen LogP) is 4.31. The third-order valence-electron chi connectivity index (χ3n) is 5.06. The van der Waals surface area contributed by atoms with Gasteiger partial charge in [0.2, 0.25) is 5.96 Å². The van der Waals surface area contributed by atoms with Gasteiger partial charge in [-0.3, -0.25) is 0 Å². The average molecular weight is 490 g/mol. The molecule has 0 saturated carbocycles. The molecular weight excluding hydrogens is 465 g/mol. The van der Waals surface area contributed by atoms with Crippen LogP contribution in [0.15, 0.2) is 56.0 Å². The van der Waals surface area contributed by atoms with Crippen molar-refractivity contribution < 1.29 is 13.9 Å². The van der Waals surface area contributed by atoms with E-state index in [1.54, 1.807) is 18.5 Å². The van der Waals surface area contributed by atoms with Gasteiger partial charge >= 0.3 is 0 Å². The number of halogens is 2. The number of nitrogens with zero attached hydrogens (tertiary/aromatic N) is 4. The first kappa shape index (κ1) is 23.2. The minimum atomic E-state index is -0.968. The molecule has 2 heterocycles. The third kappa shape index (κ3) is 5.61. The first-order valence-electron chi connectivity index (χ1n) is 9.77. The van der Waals surface area contributed by atoms with Gasteiger partial charge in [-0.1, -0.05) is 12.1 Å². The highest BCUT2D eigenvalue weighted by Gasteiger charge is 2.40. The lowest BCUT2D eigenvalue weighted by molar-refractivity contribution is -0.136. The van der Waals surface area contributed by atoms with Crippen LogP contribution in [-0.2, 0) is 21.5 Å². The van der Waals surface area contributed by atoms with Crippen molar-refractivity contribution in [2.75, 3.05) is 13.9 Å². The van der Waals surface area contributed by atoms with Crippen LogP contribution in [0, 0.1) is 5.82 Å². The number of aromatic nitrogens is 1. The second-order valence-corrected chi connectivity index (χ2v) is 8.17. The van der Waals surface area contributed by atoms with Crippen LogP contribution in [0.5, 0.6) is 0 Å². The standard InChI is InChI=1S/C22H25BrFN5O2/c1-4-26-20-14(8-16(23)12-27-20)9-18-11-19(29-21(25)28-18)22(2,31-13-30-3)15-6-5-7-17(24)10-15/h4-8,10,12,19H,9,11,13H2,1-3H3,(H2,25,29). The van der Waals surface area contributed by atoms with Gasteiger partial charge in [-0.05, 0) is 53.5 Å². The Labute approximate surface area is 189 Å². The smallest absolute Gasteiger partial charge is 0.215 e. The van der Waals surface area contributed by atoms with Crippen LogP contribution in [0.25, 0.3) is 0 Å². The highest BCUT2D eigenvalue weighted by Crippen LogP contribution is 2.35. The Balaban J connectivity index is 1.93. The van der Waals surface area contributed by atoms with E-state index in [2.05, 4.69) is 35.9 Å². The van der Waals surface area contributed by atoms with Crippen molar-refractivity contribution in [3.8, 4) is 0 Å². The molecule has 9 heteroatoms. The van der Waals surface area contributed by atoms with E-state index in [4.69, 9.17) is 15.2 Å². The molecule has 2 unspecified atom stereocenters. The summed E-state index contributed by atoms with van der Waals surface area (Å²) in [5.74, 6) is 0.418. The number of aliphatic imine (C=N–C) groups is 3. The monoisotopic (exact) mass is 489 g/mol. The van der Waals surface area contributed by atoms with Gasteiger partial charge in [0.05, 0.1) is 6.04 Å². The molecule has 31 heavy (non-hydrogen) atoms. The van der Waals surface area contributed by atoms with Crippen molar-refractivity contribution in [3.63, 3.8) is 0 Å². The van der Waals surface area contributed by atoms with Gasteiger partial charge < -0.3 is 15.2 Å². The number of pyridine rings is 1. The van der Waals surface area contributed by atoms with Crippen molar-refractivity contribution in [2.24, 2.45) is 20.7 Å². The minimum absolute atomic E-state index is 0.0241. The Bertz CT molecular complexity index is 1030. The Morgan fingerprint density at radius 3 is 2.90 bits per heavy atom. The van der Waals surface area contributed by atoms with Gasteiger partial charge in [0.15, 0.2) is 5.82 Å². The molecule has 0 amide bonds. The lowest BCUT2D eigenvalue weighted by Gasteiger charge is -2.37. The van der Waals surface area contributed by atoms with Crippen LogP contribution in [0.1, 0.15) is 31.4 Å². The van der Waals surface area contributed by atoms with Crippen LogP contribution < -0.4 is 5.73 Å². The van der Waals surface area contributed by atoms with E-state index in [9.17, 15) is 4.39 Å². The Hall–Kier alpha value is -2.49. The summed E-state index contributed by atoms with van der Waals surface area (Å²) in [7, 11) is 1.54. The molecule has 1 aliphatic rings. The van der Waals surface area contributed by atoms with Crippen LogP contribution in [0.4, 0.5) is 10.2 Å². The second kappa shape index (κ2) is 10.2. The maximum Gasteiger partial charge on any atom is 0.215 e. The number of rotatable bonds is 8. The van der Waals surface area contributed by atoms with Crippen LogP contribution >= 0.6 is 15.9 Å². The molecule has 1 aliphatic heterocycles. The zero-order chi connectivity index (χ0) is 22.4. The summed E-state index contributed by atoms with van der Waals surface area (Å²) in [5, 5.41) is 0. The molecule has 1 aromatic carbocycles. The Kier molecular flexibility index (Phi) is 7.64. The van der Waals surface area contributed by atoms with Crippen molar-refractivity contribution in [2.45, 2.75) is 38.3 Å². The maximum absolute atomic E-state index is 14.0. The predicted molar refractivity (Wildman–Crippen MR) is 124 cm³/mol. The molecule has 7 nitrogen and oxygen atoms in total. The van der Waals surface area contributed by atoms with Gasteiger partial charge in [0.1, 0.15) is 18.2 Å². The summed E-state index contributed by atoms with van der Waals surface area (Å²) >= 11 is 3.46. The number of guanidine groups is 1. The first-order valence-corrected chi connectivity index (χ1v) is 10.6. The zero-order valence-electron chi connectivity index (χ0n) is 17.7. The molecule has 2 aromatic rings. The van der Waals surface area contributed by atoms with Gasteiger partial charge in [0.25, 0.3) is 0 Å². The molecule has 0 bridgehead atoms. The van der Waals surface area contributed by atoms with E-state index in [0.29, 0.717) is 24.2 Å². The minimum Gasteiger partial charge on any atom is -0.368 e. The van der Waals surface area contributed by atoms with Gasteiger partial charge in [-0.25, -0.2) is 24.4 Å². The van der Waals surface area contributed by atoms with E-state index in [1.165, 1.54) is 19.2 Å². The highest BCUT2D eigenvalue weighted by atomic mass is 79.9. The molecule has 2 N–H and O–H groups in total. The van der Waals surface area contributed by atoms with E-state index >= 15 is 0 Å². The lowest BCUT2D eigenvalue weighted by Crippen LogP contribution is -2.43. The van der Waals surface area contributed by atoms with Crippen LogP contribution in [-0.4, -0.2) is 42.8 Å². The number of hydrogen-bond donors (Lipinski definition) is 1. The molecule has 1 aromatic heterocycles. The summed E-state index contributed by atoms with van der Waals surface area (Å²) < 4.78 is 26.0. The number of ether oxygens (including phenoxy) is 2. The Morgan fingerprint density at radius 1 is 1.39 bits per heavy atom. The number of benzene rings is 1. The maximum atomic E-state index is 14.0. The molecule has 0 radical (unpaired) electrons. The largest absolute Gasteiger partial charge is 0.368 e. The second-order valence-electron chi connectivity index (χ2n) is 7.25. The van der Waals surface area contributed by atoms with Crippen molar-refractivity contribution in [3.05, 3.63) is 57.9 Å². The van der Waals surface area contributed by atoms with Crippen molar-refractivity contribution in [1.29, 1.82) is 0 Å². The molecule has 164 valence electrons. The summed E-state index contributed by atoms with van der Waals surface area (Å²) in [6.45, 7) is 3.72. The SMILES string of the molecule is CC=Nc1ncc(Br)cc1CC1=NC(N)=NC(C(C)(OCOC)c2cccc(F)c2)C1. The quantitative estimate of drug-likeness (QED) is 0.441. The van der Waals surface area contributed by atoms with E-state index < -0.39 is 11.6 Å². The summed E-state index contributed by atoms with van der Waals surface area (Å²) in [6, 6.07) is 7.83. The van der Waals surface area contributed by atoms with Gasteiger partial charge in [-0.15, -0.1) is 0 Å². The van der Waals surface area contributed by atoms with Gasteiger partial charge in [0, 0.05) is 48.1 Å². The number of nitrogens with two attached hydrogens (primary N) is 1. The summed E-state index contributed by atoms with van der Waals surface area (Å²) in [4.78, 5) is 17.7. The average Bonchev–Trinajstić information content (AvgIpc) is 2.73. The molecular formula is C22H25BrFN5O2. The summed E-state index contributed by atoms with van der Waals surface area (Å²) in [5.41, 5.74) is 7.47. The normalized spacial score (nSPS) is 18.5. The Morgan fingerprint density at radius 2 is 2.19 bits per heavy atom. The fraction of sp³-hybridized carbons (Fsp3) is 0.364. The van der Waals surface area contributed by atoms with Gasteiger partial charge in [-0.2, -0.15) is 0 Å². The molecule has 0 aliphatic carbocycles. The first-order chi connectivity index (χ1) is 14.9. The lowest BCUT2D eigenvalue weighted by atomic mass is 9.84. The zero-order valence-corrected chi connectivity index (χ0v) is 19.3. The molecule has 2 atom stereocenters. The number of hydrogen-bond acceptors (Lipinski definition) is 7. The fourth-order valence-corrected chi connectivity index (χ4v) is 3.89. The third-order valence-corrected chi connectivity index (χ3v) is 5.49. The number of methoxy groups -OCH3 is 1. The molecule has 0 saturated heterocycles. The topological polar surface area (TPSA) is 94.5 Å². The van der Waals surface area contributed by atoms with E-state index in [-0.39, 0.29) is 18.6 Å². The highest BCUT2D eigenvalue weighted by molar-refractivity contribution is 9.10. The van der Waals surface area contributed by atoms with Crippen molar-refractivity contribution >= 4 is 39.6 Å².